The molecule has 1 unspecified atom stereocenters. The zero-order valence-corrected chi connectivity index (χ0v) is 12.6. The molecular formula is C16H31N3. The number of nitrogens with zero attached hydrogens (tertiary/aromatic N) is 2. The van der Waals surface area contributed by atoms with Gasteiger partial charge in [-0.3, -0.25) is 4.90 Å². The summed E-state index contributed by atoms with van der Waals surface area (Å²) in [6.07, 6.45) is 10.1. The summed E-state index contributed by atoms with van der Waals surface area (Å²) in [4.78, 5) is 5.29. The molecule has 1 saturated carbocycles. The zero-order valence-electron chi connectivity index (χ0n) is 12.6. The standard InChI is InChI=1S/C16H31N3/c1-18-10-7-15(8-11-18)19-12-9-17-16(13-19)14-5-3-2-4-6-14/h14-17H,2-13H2,1H3. The predicted octanol–water partition coefficient (Wildman–Crippen LogP) is 1.93. The highest BCUT2D eigenvalue weighted by Gasteiger charge is 2.31. The van der Waals surface area contributed by atoms with Gasteiger partial charge in [0.1, 0.15) is 0 Å². The van der Waals surface area contributed by atoms with Crippen LogP contribution in [0.25, 0.3) is 0 Å². The Hall–Kier alpha value is -0.120. The topological polar surface area (TPSA) is 18.5 Å². The minimum atomic E-state index is 0.786. The molecule has 3 fully saturated rings. The van der Waals surface area contributed by atoms with Crippen LogP contribution in [-0.4, -0.2) is 61.7 Å². The Balaban J connectivity index is 1.52. The molecule has 1 atom stereocenters. The maximum atomic E-state index is 3.81. The lowest BCUT2D eigenvalue weighted by Gasteiger charge is -2.44. The maximum Gasteiger partial charge on any atom is 0.0223 e. The Morgan fingerprint density at radius 2 is 1.63 bits per heavy atom. The first kappa shape index (κ1) is 13.8. The van der Waals surface area contributed by atoms with E-state index in [0.717, 1.165) is 18.0 Å². The number of hydrogen-bond donors (Lipinski definition) is 1. The lowest BCUT2D eigenvalue weighted by molar-refractivity contribution is 0.0728. The molecule has 2 saturated heterocycles. The van der Waals surface area contributed by atoms with Gasteiger partial charge in [0.05, 0.1) is 0 Å². The second kappa shape index (κ2) is 6.55. The van der Waals surface area contributed by atoms with Crippen LogP contribution in [0.2, 0.25) is 0 Å². The van der Waals surface area contributed by atoms with Crippen molar-refractivity contribution >= 4 is 0 Å². The van der Waals surface area contributed by atoms with E-state index in [1.165, 1.54) is 77.7 Å². The van der Waals surface area contributed by atoms with E-state index in [1.54, 1.807) is 0 Å². The van der Waals surface area contributed by atoms with Crippen molar-refractivity contribution in [2.75, 3.05) is 39.8 Å². The van der Waals surface area contributed by atoms with E-state index in [0.29, 0.717) is 0 Å². The number of likely N-dealkylation sites (tertiary alicyclic amines) is 1. The third-order valence-electron chi connectivity index (χ3n) is 5.66. The highest BCUT2D eigenvalue weighted by Crippen LogP contribution is 2.28. The Bertz CT molecular complexity index is 267. The van der Waals surface area contributed by atoms with Crippen LogP contribution in [0.1, 0.15) is 44.9 Å². The van der Waals surface area contributed by atoms with Crippen LogP contribution >= 0.6 is 0 Å². The third-order valence-corrected chi connectivity index (χ3v) is 5.66. The third kappa shape index (κ3) is 3.50. The fourth-order valence-corrected chi connectivity index (χ4v) is 4.35. The van der Waals surface area contributed by atoms with Gasteiger partial charge in [0, 0.05) is 31.7 Å². The number of piperidine rings is 1. The summed E-state index contributed by atoms with van der Waals surface area (Å²) in [7, 11) is 2.26. The van der Waals surface area contributed by atoms with Crippen molar-refractivity contribution in [2.45, 2.75) is 57.0 Å². The molecule has 0 aromatic rings. The molecule has 3 aliphatic rings. The lowest BCUT2D eigenvalue weighted by Crippen LogP contribution is -2.58. The fourth-order valence-electron chi connectivity index (χ4n) is 4.35. The Kier molecular flexibility index (Phi) is 4.78. The van der Waals surface area contributed by atoms with Gasteiger partial charge in [0.2, 0.25) is 0 Å². The van der Waals surface area contributed by atoms with Gasteiger partial charge in [-0.1, -0.05) is 19.3 Å². The fraction of sp³-hybridized carbons (Fsp3) is 1.00. The molecule has 0 bridgehead atoms. The summed E-state index contributed by atoms with van der Waals surface area (Å²) in [5.74, 6) is 0.961. The smallest absolute Gasteiger partial charge is 0.0223 e. The number of piperazine rings is 1. The molecule has 19 heavy (non-hydrogen) atoms. The van der Waals surface area contributed by atoms with Crippen LogP contribution < -0.4 is 5.32 Å². The van der Waals surface area contributed by atoms with Gasteiger partial charge in [-0.25, -0.2) is 0 Å². The molecule has 2 aliphatic heterocycles. The minimum absolute atomic E-state index is 0.786. The molecule has 0 spiro atoms. The molecule has 0 aromatic heterocycles. The first-order valence-electron chi connectivity index (χ1n) is 8.49. The van der Waals surface area contributed by atoms with Gasteiger partial charge >= 0.3 is 0 Å². The second-order valence-electron chi connectivity index (χ2n) is 6.99. The van der Waals surface area contributed by atoms with E-state index in [9.17, 15) is 0 Å². The van der Waals surface area contributed by atoms with Crippen LogP contribution in [0.15, 0.2) is 0 Å². The normalized spacial score (nSPS) is 33.6. The van der Waals surface area contributed by atoms with Crippen molar-refractivity contribution in [3.8, 4) is 0 Å². The summed E-state index contributed by atoms with van der Waals surface area (Å²) in [6.45, 7) is 6.40. The minimum Gasteiger partial charge on any atom is -0.311 e. The SMILES string of the molecule is CN1CCC(N2CCNC(C3CCCCC3)C2)CC1. The van der Waals surface area contributed by atoms with Gasteiger partial charge in [-0.05, 0) is 51.7 Å². The Morgan fingerprint density at radius 3 is 2.37 bits per heavy atom. The highest BCUT2D eigenvalue weighted by atomic mass is 15.2. The van der Waals surface area contributed by atoms with E-state index in [-0.39, 0.29) is 0 Å². The number of rotatable bonds is 2. The molecule has 1 aliphatic carbocycles. The number of hydrogen-bond acceptors (Lipinski definition) is 3. The summed E-state index contributed by atoms with van der Waals surface area (Å²) < 4.78 is 0. The van der Waals surface area contributed by atoms with E-state index in [1.807, 2.05) is 0 Å². The molecule has 110 valence electrons. The van der Waals surface area contributed by atoms with Crippen molar-refractivity contribution in [1.82, 2.24) is 15.1 Å². The molecule has 1 N–H and O–H groups in total. The molecule has 0 aromatic carbocycles. The van der Waals surface area contributed by atoms with E-state index >= 15 is 0 Å². The van der Waals surface area contributed by atoms with Gasteiger partial charge in [-0.15, -0.1) is 0 Å². The predicted molar refractivity (Wildman–Crippen MR) is 80.5 cm³/mol. The molecule has 3 nitrogen and oxygen atoms in total. The number of nitrogens with one attached hydrogen (secondary N) is 1. The van der Waals surface area contributed by atoms with Crippen molar-refractivity contribution in [3.05, 3.63) is 0 Å². The van der Waals surface area contributed by atoms with Gasteiger partial charge in [0.15, 0.2) is 0 Å². The largest absolute Gasteiger partial charge is 0.311 e. The Morgan fingerprint density at radius 1 is 0.895 bits per heavy atom. The van der Waals surface area contributed by atoms with Crippen LogP contribution in [0.5, 0.6) is 0 Å². The Labute approximate surface area is 118 Å². The van der Waals surface area contributed by atoms with E-state index in [2.05, 4.69) is 22.2 Å². The quantitative estimate of drug-likeness (QED) is 0.823. The van der Waals surface area contributed by atoms with Gasteiger partial charge < -0.3 is 10.2 Å². The van der Waals surface area contributed by atoms with Crippen LogP contribution in [0, 0.1) is 5.92 Å². The molecule has 0 radical (unpaired) electrons. The van der Waals surface area contributed by atoms with Crippen molar-refractivity contribution in [1.29, 1.82) is 0 Å². The van der Waals surface area contributed by atoms with Crippen molar-refractivity contribution in [2.24, 2.45) is 5.92 Å². The first-order valence-corrected chi connectivity index (χ1v) is 8.49. The van der Waals surface area contributed by atoms with Crippen LogP contribution in [-0.2, 0) is 0 Å². The summed E-state index contributed by atoms with van der Waals surface area (Å²) in [5.41, 5.74) is 0. The average Bonchev–Trinajstić information content (AvgIpc) is 2.49. The second-order valence-corrected chi connectivity index (χ2v) is 6.99. The molecule has 3 heteroatoms. The zero-order chi connectivity index (χ0) is 13.1. The van der Waals surface area contributed by atoms with Gasteiger partial charge in [-0.2, -0.15) is 0 Å². The average molecular weight is 265 g/mol. The summed E-state index contributed by atoms with van der Waals surface area (Å²) >= 11 is 0. The van der Waals surface area contributed by atoms with Gasteiger partial charge in [0.25, 0.3) is 0 Å². The highest BCUT2D eigenvalue weighted by molar-refractivity contribution is 4.89. The molecule has 2 heterocycles. The lowest BCUT2D eigenvalue weighted by atomic mass is 9.82. The van der Waals surface area contributed by atoms with Crippen LogP contribution in [0.3, 0.4) is 0 Å². The first-order chi connectivity index (χ1) is 9.33. The molecular weight excluding hydrogens is 234 g/mol. The summed E-state index contributed by atoms with van der Waals surface area (Å²) in [5, 5.41) is 3.81. The maximum absolute atomic E-state index is 3.81. The van der Waals surface area contributed by atoms with Crippen molar-refractivity contribution in [3.63, 3.8) is 0 Å². The molecule has 0 amide bonds. The summed E-state index contributed by atoms with van der Waals surface area (Å²) in [6, 6.07) is 1.65. The van der Waals surface area contributed by atoms with E-state index in [4.69, 9.17) is 0 Å². The van der Waals surface area contributed by atoms with Crippen LogP contribution in [0.4, 0.5) is 0 Å². The van der Waals surface area contributed by atoms with Crippen molar-refractivity contribution < 1.29 is 0 Å². The monoisotopic (exact) mass is 265 g/mol. The van der Waals surface area contributed by atoms with E-state index < -0.39 is 0 Å². The molecule has 3 rings (SSSR count).